The van der Waals surface area contributed by atoms with E-state index in [0.29, 0.717) is 0 Å². The maximum atomic E-state index is 5.46. The summed E-state index contributed by atoms with van der Waals surface area (Å²) in [5.41, 5.74) is 4.37. The molecule has 0 saturated carbocycles. The Labute approximate surface area is 99.9 Å². The average molecular weight is 223 g/mol. The van der Waals surface area contributed by atoms with Crippen LogP contribution in [0.2, 0.25) is 0 Å². The molecule has 3 aromatic rings. The zero-order chi connectivity index (χ0) is 11.7. The van der Waals surface area contributed by atoms with Gasteiger partial charge in [-0.2, -0.15) is 0 Å². The van der Waals surface area contributed by atoms with Gasteiger partial charge < -0.3 is 4.42 Å². The Morgan fingerprint density at radius 3 is 2.65 bits per heavy atom. The number of fused-ring (bicyclic) bond motifs is 1. The first-order valence-corrected chi connectivity index (χ1v) is 5.71. The fourth-order valence-electron chi connectivity index (χ4n) is 2.03. The standard InChI is InChI=1S/C15H13NO/c1-11-16-14-10-13(7-8-15(14)17-11)9-12-5-3-2-4-6-12/h2-8,10H,9H2,1H3. The van der Waals surface area contributed by atoms with Gasteiger partial charge in [0, 0.05) is 6.92 Å². The van der Waals surface area contributed by atoms with Gasteiger partial charge in [-0.05, 0) is 29.7 Å². The van der Waals surface area contributed by atoms with Crippen molar-refractivity contribution < 1.29 is 4.42 Å². The minimum Gasteiger partial charge on any atom is -0.441 e. The molecule has 0 amide bonds. The minimum atomic E-state index is 0.719. The number of benzene rings is 2. The van der Waals surface area contributed by atoms with Crippen LogP contribution in [-0.4, -0.2) is 4.98 Å². The van der Waals surface area contributed by atoms with Gasteiger partial charge in [0.05, 0.1) is 0 Å². The second-order valence-electron chi connectivity index (χ2n) is 4.20. The van der Waals surface area contributed by atoms with E-state index >= 15 is 0 Å². The number of nitrogens with zero attached hydrogens (tertiary/aromatic N) is 1. The van der Waals surface area contributed by atoms with Crippen molar-refractivity contribution in [1.82, 2.24) is 4.98 Å². The van der Waals surface area contributed by atoms with Gasteiger partial charge in [0.1, 0.15) is 5.52 Å². The molecular weight excluding hydrogens is 210 g/mol. The topological polar surface area (TPSA) is 26.0 Å². The molecule has 0 aliphatic heterocycles. The number of aryl methyl sites for hydroxylation is 1. The average Bonchev–Trinajstić information content (AvgIpc) is 2.70. The van der Waals surface area contributed by atoms with E-state index in [0.717, 1.165) is 23.4 Å². The molecule has 3 rings (SSSR count). The van der Waals surface area contributed by atoms with E-state index in [2.05, 4.69) is 41.4 Å². The third-order valence-corrected chi connectivity index (χ3v) is 2.81. The summed E-state index contributed by atoms with van der Waals surface area (Å²) in [6, 6.07) is 16.6. The van der Waals surface area contributed by atoms with Crippen molar-refractivity contribution in [2.45, 2.75) is 13.3 Å². The second kappa shape index (κ2) is 4.06. The fourth-order valence-corrected chi connectivity index (χ4v) is 2.03. The minimum absolute atomic E-state index is 0.719. The summed E-state index contributed by atoms with van der Waals surface area (Å²) < 4.78 is 5.46. The van der Waals surface area contributed by atoms with Crippen molar-refractivity contribution in [3.63, 3.8) is 0 Å². The Balaban J connectivity index is 1.95. The van der Waals surface area contributed by atoms with Crippen LogP contribution in [-0.2, 0) is 6.42 Å². The highest BCUT2D eigenvalue weighted by molar-refractivity contribution is 5.73. The van der Waals surface area contributed by atoms with Crippen molar-refractivity contribution in [2.75, 3.05) is 0 Å². The van der Waals surface area contributed by atoms with Gasteiger partial charge in [-0.1, -0.05) is 36.4 Å². The SMILES string of the molecule is Cc1nc2cc(Cc3ccccc3)ccc2o1. The van der Waals surface area contributed by atoms with Crippen LogP contribution in [0.25, 0.3) is 11.1 Å². The lowest BCUT2D eigenvalue weighted by Gasteiger charge is -2.00. The summed E-state index contributed by atoms with van der Waals surface area (Å²) >= 11 is 0. The maximum Gasteiger partial charge on any atom is 0.192 e. The van der Waals surface area contributed by atoms with E-state index in [9.17, 15) is 0 Å². The number of hydrogen-bond acceptors (Lipinski definition) is 2. The highest BCUT2D eigenvalue weighted by atomic mass is 16.3. The second-order valence-corrected chi connectivity index (χ2v) is 4.20. The van der Waals surface area contributed by atoms with Gasteiger partial charge >= 0.3 is 0 Å². The van der Waals surface area contributed by atoms with E-state index in [1.165, 1.54) is 11.1 Å². The molecule has 0 saturated heterocycles. The van der Waals surface area contributed by atoms with Crippen LogP contribution in [0.5, 0.6) is 0 Å². The van der Waals surface area contributed by atoms with E-state index in [1.807, 2.05) is 19.1 Å². The highest BCUT2D eigenvalue weighted by Crippen LogP contribution is 2.18. The summed E-state index contributed by atoms with van der Waals surface area (Å²) in [6.45, 7) is 1.87. The van der Waals surface area contributed by atoms with Crippen molar-refractivity contribution >= 4 is 11.1 Å². The molecule has 1 heterocycles. The molecule has 0 fully saturated rings. The van der Waals surface area contributed by atoms with Crippen LogP contribution in [0, 0.1) is 6.92 Å². The van der Waals surface area contributed by atoms with Crippen LogP contribution in [0.4, 0.5) is 0 Å². The molecule has 0 atom stereocenters. The number of rotatable bonds is 2. The van der Waals surface area contributed by atoms with Gasteiger partial charge in [-0.3, -0.25) is 0 Å². The molecule has 2 heteroatoms. The fraction of sp³-hybridized carbons (Fsp3) is 0.133. The Morgan fingerprint density at radius 1 is 1.00 bits per heavy atom. The molecule has 17 heavy (non-hydrogen) atoms. The van der Waals surface area contributed by atoms with Crippen molar-refractivity contribution in [1.29, 1.82) is 0 Å². The largest absolute Gasteiger partial charge is 0.441 e. The first-order chi connectivity index (χ1) is 8.31. The monoisotopic (exact) mass is 223 g/mol. The van der Waals surface area contributed by atoms with Gasteiger partial charge in [0.15, 0.2) is 11.5 Å². The third-order valence-electron chi connectivity index (χ3n) is 2.81. The Kier molecular flexibility index (Phi) is 2.41. The smallest absolute Gasteiger partial charge is 0.192 e. The molecule has 0 aliphatic rings. The van der Waals surface area contributed by atoms with Crippen LogP contribution in [0.15, 0.2) is 52.9 Å². The highest BCUT2D eigenvalue weighted by Gasteiger charge is 2.03. The summed E-state index contributed by atoms with van der Waals surface area (Å²) in [7, 11) is 0. The van der Waals surface area contributed by atoms with Gasteiger partial charge in [-0.15, -0.1) is 0 Å². The molecule has 84 valence electrons. The van der Waals surface area contributed by atoms with Crippen LogP contribution in [0.1, 0.15) is 17.0 Å². The lowest BCUT2D eigenvalue weighted by atomic mass is 10.0. The Hall–Kier alpha value is -2.09. The number of oxazole rings is 1. The van der Waals surface area contributed by atoms with E-state index in [1.54, 1.807) is 0 Å². The summed E-state index contributed by atoms with van der Waals surface area (Å²) in [5.74, 6) is 0.719. The first kappa shape index (κ1) is 10.1. The molecule has 0 N–H and O–H groups in total. The molecule has 0 bridgehead atoms. The Morgan fingerprint density at radius 2 is 1.82 bits per heavy atom. The predicted molar refractivity (Wildman–Crippen MR) is 68.0 cm³/mol. The zero-order valence-corrected chi connectivity index (χ0v) is 9.68. The van der Waals surface area contributed by atoms with Crippen molar-refractivity contribution in [3.8, 4) is 0 Å². The maximum absolute atomic E-state index is 5.46. The van der Waals surface area contributed by atoms with E-state index < -0.39 is 0 Å². The lowest BCUT2D eigenvalue weighted by Crippen LogP contribution is -1.87. The van der Waals surface area contributed by atoms with Gasteiger partial charge in [-0.25, -0.2) is 4.98 Å². The molecule has 2 nitrogen and oxygen atoms in total. The van der Waals surface area contributed by atoms with Crippen LogP contribution < -0.4 is 0 Å². The molecule has 0 aliphatic carbocycles. The predicted octanol–water partition coefficient (Wildman–Crippen LogP) is 3.73. The number of hydrogen-bond donors (Lipinski definition) is 0. The van der Waals surface area contributed by atoms with E-state index in [-0.39, 0.29) is 0 Å². The molecule has 0 spiro atoms. The summed E-state index contributed by atoms with van der Waals surface area (Å²) in [6.07, 6.45) is 0.933. The normalized spacial score (nSPS) is 10.9. The van der Waals surface area contributed by atoms with Gasteiger partial charge in [0.2, 0.25) is 0 Å². The van der Waals surface area contributed by atoms with Crippen LogP contribution in [0.3, 0.4) is 0 Å². The lowest BCUT2D eigenvalue weighted by molar-refractivity contribution is 0.561. The molecule has 0 unspecified atom stereocenters. The van der Waals surface area contributed by atoms with Crippen LogP contribution >= 0.6 is 0 Å². The third kappa shape index (κ3) is 2.07. The molecule has 0 radical (unpaired) electrons. The molecule has 1 aromatic heterocycles. The van der Waals surface area contributed by atoms with Crippen molar-refractivity contribution in [2.24, 2.45) is 0 Å². The molecule has 2 aromatic carbocycles. The summed E-state index contributed by atoms with van der Waals surface area (Å²) in [5, 5.41) is 0. The summed E-state index contributed by atoms with van der Waals surface area (Å²) in [4.78, 5) is 4.35. The quantitative estimate of drug-likeness (QED) is 0.661. The first-order valence-electron chi connectivity index (χ1n) is 5.71. The van der Waals surface area contributed by atoms with Crippen molar-refractivity contribution in [3.05, 3.63) is 65.5 Å². The van der Waals surface area contributed by atoms with E-state index in [4.69, 9.17) is 4.42 Å². The zero-order valence-electron chi connectivity index (χ0n) is 9.68. The Bertz CT molecular complexity index is 640. The van der Waals surface area contributed by atoms with Gasteiger partial charge in [0.25, 0.3) is 0 Å². The molecular formula is C15H13NO. The number of aromatic nitrogens is 1.